The molecule has 1 aliphatic carbocycles. The van der Waals surface area contributed by atoms with Crippen LogP contribution in [0.4, 0.5) is 0 Å². The van der Waals surface area contributed by atoms with Gasteiger partial charge in [0.2, 0.25) is 0 Å². The fourth-order valence-electron chi connectivity index (χ4n) is 1.31. The Morgan fingerprint density at radius 3 is 1.08 bits per heavy atom. The van der Waals surface area contributed by atoms with Crippen molar-refractivity contribution in [3.63, 3.8) is 0 Å². The van der Waals surface area contributed by atoms with Crippen molar-refractivity contribution in [3.05, 3.63) is 69.2 Å². The molecule has 0 spiro atoms. The van der Waals surface area contributed by atoms with Gasteiger partial charge in [0, 0.05) is 0 Å². The molecule has 2 aromatic rings. The average molecular weight is 160 g/mol. The maximum Gasteiger partial charge on any atom is 0.0629 e. The molecule has 0 aliphatic heterocycles. The van der Waals surface area contributed by atoms with E-state index in [0.29, 0.717) is 0 Å². The van der Waals surface area contributed by atoms with E-state index in [1.54, 1.807) is 0 Å². The first-order valence-corrected chi connectivity index (χ1v) is 3.50. The first kappa shape index (κ1) is 2.23. The summed E-state index contributed by atoms with van der Waals surface area (Å²) in [6, 6.07) is -2.65. The molecule has 0 amide bonds. The molecular formula is C12H8. The van der Waals surface area contributed by atoms with Crippen LogP contribution in [0.15, 0.2) is 48.3 Å². The monoisotopic (exact) mass is 160 g/mol. The second-order valence-electron chi connectivity index (χ2n) is 2.50. The predicted molar refractivity (Wildman–Crippen MR) is 48.2 cm³/mol. The van der Waals surface area contributed by atoms with Crippen LogP contribution >= 0.6 is 0 Å². The summed E-state index contributed by atoms with van der Waals surface area (Å²) < 4.78 is 61.9. The zero-order valence-corrected chi connectivity index (χ0v) is 6.00. The minimum Gasteiger partial charge on any atom is -0.0616 e. The van der Waals surface area contributed by atoms with Gasteiger partial charge in [0.25, 0.3) is 0 Å². The summed E-state index contributed by atoms with van der Waals surface area (Å²) in [6.45, 7) is 0. The molecule has 3 rings (SSSR count). The van der Waals surface area contributed by atoms with Crippen molar-refractivity contribution in [3.8, 4) is 0 Å². The summed E-state index contributed by atoms with van der Waals surface area (Å²) in [4.78, 5) is 0. The maximum atomic E-state index is 7.85. The smallest absolute Gasteiger partial charge is 0.0616 e. The van der Waals surface area contributed by atoms with Crippen LogP contribution in [0.1, 0.15) is 11.0 Å². The van der Waals surface area contributed by atoms with Crippen LogP contribution in [0.5, 0.6) is 0 Å². The molecule has 0 heterocycles. The Morgan fingerprint density at radius 1 is 0.583 bits per heavy atom. The third kappa shape index (κ3) is 0.578. The van der Waals surface area contributed by atoms with Gasteiger partial charge in [0.05, 0.1) is 11.0 Å². The molecule has 56 valence electrons. The van der Waals surface area contributed by atoms with Crippen molar-refractivity contribution in [1.82, 2.24) is 0 Å². The Labute approximate surface area is 81.3 Å². The molecule has 0 aromatic heterocycles. The van der Waals surface area contributed by atoms with Crippen molar-refractivity contribution in [2.24, 2.45) is 0 Å². The van der Waals surface area contributed by atoms with E-state index in [4.69, 9.17) is 11.0 Å². The van der Waals surface area contributed by atoms with Gasteiger partial charge in [-0.05, 0) is 20.9 Å². The lowest BCUT2D eigenvalue weighted by molar-refractivity contribution is 1.29. The minimum atomic E-state index is -0.396. The lowest BCUT2D eigenvalue weighted by Crippen LogP contribution is -1.88. The normalized spacial score (nSPS) is 20.7. The summed E-state index contributed by atoms with van der Waals surface area (Å²) in [5.41, 5.74) is 0. The van der Waals surface area contributed by atoms with E-state index in [9.17, 15) is 0 Å². The molecule has 0 bridgehead atoms. The van der Waals surface area contributed by atoms with E-state index < -0.39 is 24.2 Å². The molecule has 2 aromatic carbocycles. The van der Waals surface area contributed by atoms with Crippen molar-refractivity contribution in [1.29, 1.82) is 0 Å². The second-order valence-corrected chi connectivity index (χ2v) is 2.50. The van der Waals surface area contributed by atoms with Gasteiger partial charge in [-0.15, -0.1) is 0 Å². The highest BCUT2D eigenvalue weighted by atomic mass is 14.0. The largest absolute Gasteiger partial charge is 0.0629 e. The first-order valence-electron chi connectivity index (χ1n) is 7.50. The fourth-order valence-corrected chi connectivity index (χ4v) is 1.31. The van der Waals surface area contributed by atoms with E-state index in [1.807, 2.05) is 0 Å². The molecule has 12 heavy (non-hydrogen) atoms. The molecule has 0 unspecified atom stereocenters. The van der Waals surface area contributed by atoms with E-state index in [-0.39, 0.29) is 45.0 Å². The summed E-state index contributed by atoms with van der Waals surface area (Å²) >= 11 is 0. The van der Waals surface area contributed by atoms with Crippen LogP contribution in [0.2, 0.25) is 0 Å². The lowest BCUT2D eigenvalue weighted by Gasteiger charge is -2.02. The van der Waals surface area contributed by atoms with Gasteiger partial charge >= 0.3 is 0 Å². The topological polar surface area (TPSA) is 0 Å². The van der Waals surface area contributed by atoms with Crippen LogP contribution in [-0.4, -0.2) is 0 Å². The van der Waals surface area contributed by atoms with E-state index >= 15 is 0 Å². The van der Waals surface area contributed by atoms with Gasteiger partial charge in [-0.3, -0.25) is 0 Å². The Balaban J connectivity index is 2.78. The molecule has 0 nitrogen and oxygen atoms in total. The SMILES string of the molecule is [2H]c1c([2H])c([2H])c2c(c1[2H])=c1c([2H])c([2H])c([2H])c([2H])c1=2. The zero-order valence-electron chi connectivity index (χ0n) is 14.0. The van der Waals surface area contributed by atoms with Gasteiger partial charge in [-0.25, -0.2) is 0 Å². The summed E-state index contributed by atoms with van der Waals surface area (Å²) in [6.07, 6.45) is 0. The van der Waals surface area contributed by atoms with Crippen molar-refractivity contribution < 1.29 is 11.0 Å². The number of fused-ring (bicyclic) bond motifs is 2. The van der Waals surface area contributed by atoms with Crippen molar-refractivity contribution in [2.45, 2.75) is 0 Å². The van der Waals surface area contributed by atoms with Crippen LogP contribution in [0, 0.1) is 20.9 Å². The van der Waals surface area contributed by atoms with Crippen LogP contribution < -0.4 is 0 Å². The number of rotatable bonds is 0. The highest BCUT2D eigenvalue weighted by Gasteiger charge is 1.97. The Morgan fingerprint density at radius 2 is 0.833 bits per heavy atom. The maximum absolute atomic E-state index is 7.85. The van der Waals surface area contributed by atoms with Crippen LogP contribution in [0.3, 0.4) is 0 Å². The molecule has 0 atom stereocenters. The average Bonchev–Trinajstić information content (AvgIpc) is 2.39. The van der Waals surface area contributed by atoms with E-state index in [1.165, 1.54) is 0 Å². The second kappa shape index (κ2) is 1.98. The van der Waals surface area contributed by atoms with Gasteiger partial charge in [-0.1, -0.05) is 48.3 Å². The lowest BCUT2D eigenvalue weighted by atomic mass is 10.0. The molecule has 0 radical (unpaired) electrons. The Kier molecular flexibility index (Phi) is 0.367. The van der Waals surface area contributed by atoms with Crippen molar-refractivity contribution in [2.75, 3.05) is 0 Å². The molecule has 0 saturated carbocycles. The number of hydrogen-bond acceptors (Lipinski definition) is 0. The van der Waals surface area contributed by atoms with Gasteiger partial charge in [0.15, 0.2) is 0 Å². The third-order valence-electron chi connectivity index (χ3n) is 1.88. The first-order chi connectivity index (χ1) is 9.29. The molecular weight excluding hydrogens is 144 g/mol. The fraction of sp³-hybridized carbons (Fsp3) is 0. The predicted octanol–water partition coefficient (Wildman–Crippen LogP) is 2.57. The summed E-state index contributed by atoms with van der Waals surface area (Å²) in [5, 5.41) is 0.715. The molecule has 0 saturated heterocycles. The highest BCUT2D eigenvalue weighted by molar-refractivity contribution is 5.28. The zero-order chi connectivity index (χ0) is 14.9. The number of hydrogen-bond donors (Lipinski definition) is 0. The summed E-state index contributed by atoms with van der Waals surface area (Å²) in [7, 11) is 0. The van der Waals surface area contributed by atoms with Gasteiger partial charge in [0.1, 0.15) is 0 Å². The molecule has 1 aliphatic rings. The van der Waals surface area contributed by atoms with E-state index in [2.05, 4.69) is 0 Å². The molecule has 0 heteroatoms. The van der Waals surface area contributed by atoms with E-state index in [0.717, 1.165) is 0 Å². The number of benzene rings is 2. The Bertz CT molecular complexity index is 794. The third-order valence-corrected chi connectivity index (χ3v) is 1.88. The molecule has 0 N–H and O–H groups in total. The van der Waals surface area contributed by atoms with Crippen LogP contribution in [-0.2, 0) is 0 Å². The standard InChI is InChI=1S/C12H8/c1-2-6-10-9(5-1)11-7-3-4-8-12(10)11/h1-8H/i1D,2D,3D,4D,5D,6D,7D,8D. The highest BCUT2D eigenvalue weighted by Crippen LogP contribution is 2.11. The Hall–Kier alpha value is -1.56. The van der Waals surface area contributed by atoms with Gasteiger partial charge in [-0.2, -0.15) is 0 Å². The quantitative estimate of drug-likeness (QED) is 0.474. The molecule has 0 fully saturated rings. The van der Waals surface area contributed by atoms with Crippen LogP contribution in [0.25, 0.3) is 0 Å². The van der Waals surface area contributed by atoms with Crippen molar-refractivity contribution >= 4 is 0 Å². The van der Waals surface area contributed by atoms with Gasteiger partial charge < -0.3 is 0 Å². The summed E-state index contributed by atoms with van der Waals surface area (Å²) in [5.74, 6) is 0. The minimum absolute atomic E-state index is 0.179.